The lowest BCUT2D eigenvalue weighted by atomic mass is 10.1. The van der Waals surface area contributed by atoms with Gasteiger partial charge in [0.25, 0.3) is 0 Å². The first-order valence-corrected chi connectivity index (χ1v) is 4.30. The normalized spacial score (nSPS) is 23.1. The Balaban J connectivity index is 0. The zero-order valence-corrected chi connectivity index (χ0v) is 9.70. The van der Waals surface area contributed by atoms with Crippen molar-refractivity contribution in [3.63, 3.8) is 0 Å². The first-order valence-electron chi connectivity index (χ1n) is 4.30. The molecule has 0 aromatic rings. The van der Waals surface area contributed by atoms with Crippen LogP contribution in [-0.2, 0) is 4.74 Å². The molecular formula is C8H20Cl2N2O. The van der Waals surface area contributed by atoms with E-state index in [1.807, 2.05) is 0 Å². The highest BCUT2D eigenvalue weighted by atomic mass is 35.5. The van der Waals surface area contributed by atoms with Crippen molar-refractivity contribution in [2.45, 2.75) is 18.9 Å². The molecule has 0 amide bonds. The molecule has 5 heteroatoms. The van der Waals surface area contributed by atoms with Gasteiger partial charge in [-0.1, -0.05) is 0 Å². The van der Waals surface area contributed by atoms with Crippen LogP contribution in [0, 0.1) is 0 Å². The van der Waals surface area contributed by atoms with Crippen molar-refractivity contribution in [1.82, 2.24) is 4.90 Å². The molecule has 1 heterocycles. The molecule has 0 aromatic carbocycles. The van der Waals surface area contributed by atoms with Gasteiger partial charge in [-0.25, -0.2) is 0 Å². The summed E-state index contributed by atoms with van der Waals surface area (Å²) in [4.78, 5) is 2.37. The summed E-state index contributed by atoms with van der Waals surface area (Å²) in [5, 5.41) is 0. The number of nitrogens with two attached hydrogens (primary N) is 1. The molecule has 1 aliphatic heterocycles. The molecule has 3 nitrogen and oxygen atoms in total. The van der Waals surface area contributed by atoms with Gasteiger partial charge in [-0.15, -0.1) is 24.8 Å². The standard InChI is InChI=1S/C8H18N2O.2ClH/c1-11-6-5-10-4-2-3-8(9)7-10;;/h8H,2-7,9H2,1H3;2*1H. The van der Waals surface area contributed by atoms with E-state index >= 15 is 0 Å². The zero-order chi connectivity index (χ0) is 8.10. The Morgan fingerprint density at radius 2 is 2.15 bits per heavy atom. The fraction of sp³-hybridized carbons (Fsp3) is 1.00. The summed E-state index contributed by atoms with van der Waals surface area (Å²) in [6.45, 7) is 4.09. The van der Waals surface area contributed by atoms with Crippen LogP contribution < -0.4 is 5.73 Å². The second-order valence-corrected chi connectivity index (χ2v) is 3.20. The quantitative estimate of drug-likeness (QED) is 0.784. The second-order valence-electron chi connectivity index (χ2n) is 3.20. The first-order chi connectivity index (χ1) is 5.33. The van der Waals surface area contributed by atoms with E-state index in [0.717, 1.165) is 19.7 Å². The van der Waals surface area contributed by atoms with Crippen LogP contribution in [0.2, 0.25) is 0 Å². The lowest BCUT2D eigenvalue weighted by Gasteiger charge is -2.30. The minimum absolute atomic E-state index is 0. The Bertz CT molecular complexity index is 116. The van der Waals surface area contributed by atoms with E-state index in [4.69, 9.17) is 10.5 Å². The summed E-state index contributed by atoms with van der Waals surface area (Å²) < 4.78 is 5.00. The van der Waals surface area contributed by atoms with Crippen molar-refractivity contribution < 1.29 is 4.74 Å². The minimum atomic E-state index is 0. The number of nitrogens with zero attached hydrogens (tertiary/aromatic N) is 1. The maximum atomic E-state index is 5.81. The number of hydrogen-bond donors (Lipinski definition) is 1. The van der Waals surface area contributed by atoms with Gasteiger partial charge in [-0.05, 0) is 19.4 Å². The second kappa shape index (κ2) is 9.03. The molecule has 0 spiro atoms. The molecule has 0 aromatic heterocycles. The maximum absolute atomic E-state index is 5.81. The smallest absolute Gasteiger partial charge is 0.0589 e. The highest BCUT2D eigenvalue weighted by molar-refractivity contribution is 5.85. The third-order valence-electron chi connectivity index (χ3n) is 2.15. The molecule has 0 saturated carbocycles. The van der Waals surface area contributed by atoms with Crippen LogP contribution in [0.5, 0.6) is 0 Å². The van der Waals surface area contributed by atoms with Crippen LogP contribution in [0.25, 0.3) is 0 Å². The molecule has 1 rings (SSSR count). The van der Waals surface area contributed by atoms with Crippen molar-refractivity contribution in [2.24, 2.45) is 5.73 Å². The van der Waals surface area contributed by atoms with E-state index in [2.05, 4.69) is 4.90 Å². The van der Waals surface area contributed by atoms with Gasteiger partial charge in [-0.2, -0.15) is 0 Å². The van der Waals surface area contributed by atoms with Crippen molar-refractivity contribution in [3.8, 4) is 0 Å². The molecule has 2 N–H and O–H groups in total. The molecule has 1 unspecified atom stereocenters. The summed E-state index contributed by atoms with van der Waals surface area (Å²) in [6.07, 6.45) is 2.42. The molecule has 0 radical (unpaired) electrons. The first kappa shape index (κ1) is 15.9. The van der Waals surface area contributed by atoms with Gasteiger partial charge < -0.3 is 10.5 Å². The van der Waals surface area contributed by atoms with Crippen molar-refractivity contribution in [2.75, 3.05) is 33.4 Å². The average Bonchev–Trinajstić information content (AvgIpc) is 2.01. The molecule has 1 saturated heterocycles. The van der Waals surface area contributed by atoms with Crippen LogP contribution >= 0.6 is 24.8 Å². The molecule has 82 valence electrons. The van der Waals surface area contributed by atoms with E-state index in [1.165, 1.54) is 19.4 Å². The average molecular weight is 231 g/mol. The van der Waals surface area contributed by atoms with E-state index in [0.29, 0.717) is 6.04 Å². The van der Waals surface area contributed by atoms with E-state index in [-0.39, 0.29) is 24.8 Å². The Morgan fingerprint density at radius 1 is 1.46 bits per heavy atom. The molecule has 0 bridgehead atoms. The minimum Gasteiger partial charge on any atom is -0.383 e. The zero-order valence-electron chi connectivity index (χ0n) is 8.07. The van der Waals surface area contributed by atoms with Gasteiger partial charge in [0.15, 0.2) is 0 Å². The van der Waals surface area contributed by atoms with Gasteiger partial charge in [0.2, 0.25) is 0 Å². The van der Waals surface area contributed by atoms with E-state index in [9.17, 15) is 0 Å². The summed E-state index contributed by atoms with van der Waals surface area (Å²) in [5.74, 6) is 0. The molecule has 0 aliphatic carbocycles. The van der Waals surface area contributed by atoms with Gasteiger partial charge >= 0.3 is 0 Å². The Hall–Kier alpha value is 0.460. The largest absolute Gasteiger partial charge is 0.383 e. The van der Waals surface area contributed by atoms with E-state index < -0.39 is 0 Å². The monoisotopic (exact) mass is 230 g/mol. The number of piperidine rings is 1. The van der Waals surface area contributed by atoms with Crippen LogP contribution in [0.1, 0.15) is 12.8 Å². The maximum Gasteiger partial charge on any atom is 0.0589 e. The number of likely N-dealkylation sites (tertiary alicyclic amines) is 1. The Morgan fingerprint density at radius 3 is 2.69 bits per heavy atom. The number of rotatable bonds is 3. The lowest BCUT2D eigenvalue weighted by Crippen LogP contribution is -2.43. The Labute approximate surface area is 92.8 Å². The van der Waals surface area contributed by atoms with Gasteiger partial charge in [-0.3, -0.25) is 4.90 Å². The number of halogens is 2. The number of methoxy groups -OCH3 is 1. The fourth-order valence-electron chi connectivity index (χ4n) is 1.51. The van der Waals surface area contributed by atoms with Gasteiger partial charge in [0.05, 0.1) is 6.61 Å². The third-order valence-corrected chi connectivity index (χ3v) is 2.15. The molecule has 13 heavy (non-hydrogen) atoms. The van der Waals surface area contributed by atoms with E-state index in [1.54, 1.807) is 7.11 Å². The van der Waals surface area contributed by atoms with Crippen molar-refractivity contribution >= 4 is 24.8 Å². The van der Waals surface area contributed by atoms with Crippen LogP contribution in [0.3, 0.4) is 0 Å². The fourth-order valence-corrected chi connectivity index (χ4v) is 1.51. The van der Waals surface area contributed by atoms with Crippen molar-refractivity contribution in [3.05, 3.63) is 0 Å². The predicted octanol–water partition coefficient (Wildman–Crippen LogP) is 0.900. The predicted molar refractivity (Wildman–Crippen MR) is 60.0 cm³/mol. The molecular weight excluding hydrogens is 211 g/mol. The van der Waals surface area contributed by atoms with Crippen LogP contribution in [0.15, 0.2) is 0 Å². The molecule has 1 aliphatic rings. The summed E-state index contributed by atoms with van der Waals surface area (Å²) in [5.41, 5.74) is 5.81. The SMILES string of the molecule is COCCN1CCCC(N)C1.Cl.Cl. The highest BCUT2D eigenvalue weighted by Gasteiger charge is 2.15. The molecule has 1 fully saturated rings. The number of hydrogen-bond acceptors (Lipinski definition) is 3. The Kier molecular flexibility index (Phi) is 11.1. The summed E-state index contributed by atoms with van der Waals surface area (Å²) in [6, 6.07) is 0.389. The van der Waals surface area contributed by atoms with Crippen molar-refractivity contribution in [1.29, 1.82) is 0 Å². The lowest BCUT2D eigenvalue weighted by molar-refractivity contribution is 0.129. The van der Waals surface area contributed by atoms with Crippen LogP contribution in [-0.4, -0.2) is 44.3 Å². The van der Waals surface area contributed by atoms with Gasteiger partial charge in [0.1, 0.15) is 0 Å². The third kappa shape index (κ3) is 6.52. The molecule has 1 atom stereocenters. The number of ether oxygens (including phenoxy) is 1. The summed E-state index contributed by atoms with van der Waals surface area (Å²) >= 11 is 0. The summed E-state index contributed by atoms with van der Waals surface area (Å²) in [7, 11) is 1.74. The van der Waals surface area contributed by atoms with Gasteiger partial charge in [0, 0.05) is 26.2 Å². The van der Waals surface area contributed by atoms with Crippen LogP contribution in [0.4, 0.5) is 0 Å². The highest BCUT2D eigenvalue weighted by Crippen LogP contribution is 2.06. The topological polar surface area (TPSA) is 38.5 Å².